The molecule has 156 valence electrons. The maximum atomic E-state index is 13.1. The van der Waals surface area contributed by atoms with Crippen LogP contribution in [0.2, 0.25) is 0 Å². The number of aryl methyl sites for hydroxylation is 1. The van der Waals surface area contributed by atoms with Crippen molar-refractivity contribution in [1.29, 1.82) is 0 Å². The Labute approximate surface area is 182 Å². The normalized spacial score (nSPS) is 11.8. The highest BCUT2D eigenvalue weighted by atomic mass is 16.1. The molecule has 2 heterocycles. The van der Waals surface area contributed by atoms with E-state index in [0.717, 1.165) is 34.8 Å². The van der Waals surface area contributed by atoms with Crippen molar-refractivity contribution < 1.29 is 4.79 Å². The van der Waals surface area contributed by atoms with Crippen LogP contribution < -0.4 is 5.32 Å². The van der Waals surface area contributed by atoms with Crippen LogP contribution in [-0.4, -0.2) is 20.7 Å². The van der Waals surface area contributed by atoms with Crippen LogP contribution in [0.4, 0.5) is 0 Å². The zero-order valence-electron chi connectivity index (χ0n) is 18.0. The number of hydrogen-bond acceptors (Lipinski definition) is 3. The summed E-state index contributed by atoms with van der Waals surface area (Å²) in [5.74, 6) is -0.145. The average molecular weight is 411 g/mol. The molecule has 0 aliphatic carbocycles. The van der Waals surface area contributed by atoms with Crippen molar-refractivity contribution in [1.82, 2.24) is 20.1 Å². The van der Waals surface area contributed by atoms with Crippen LogP contribution >= 0.6 is 0 Å². The summed E-state index contributed by atoms with van der Waals surface area (Å²) in [6.07, 6.45) is 2.69. The second-order valence-corrected chi connectivity index (χ2v) is 7.53. The first-order valence-electron chi connectivity index (χ1n) is 10.5. The molecule has 0 bridgehead atoms. The zero-order chi connectivity index (χ0) is 21.8. The fourth-order valence-corrected chi connectivity index (χ4v) is 3.93. The van der Waals surface area contributed by atoms with Gasteiger partial charge in [-0.15, -0.1) is 0 Å². The molecule has 4 aromatic rings. The van der Waals surface area contributed by atoms with E-state index in [2.05, 4.69) is 29.2 Å². The number of hydrogen-bond donors (Lipinski definition) is 1. The highest BCUT2D eigenvalue weighted by Gasteiger charge is 2.19. The van der Waals surface area contributed by atoms with Gasteiger partial charge in [0.05, 0.1) is 23.1 Å². The molecule has 1 unspecified atom stereocenters. The van der Waals surface area contributed by atoms with Gasteiger partial charge in [0.1, 0.15) is 0 Å². The van der Waals surface area contributed by atoms with E-state index in [1.54, 1.807) is 6.20 Å². The lowest BCUT2D eigenvalue weighted by molar-refractivity contribution is 0.0942. The number of aromatic nitrogens is 3. The summed E-state index contributed by atoms with van der Waals surface area (Å²) in [4.78, 5) is 17.5. The van der Waals surface area contributed by atoms with Gasteiger partial charge in [0.2, 0.25) is 0 Å². The number of carbonyl (C=O) groups is 1. The molecule has 4 rings (SSSR count). The molecule has 5 heteroatoms. The van der Waals surface area contributed by atoms with Crippen LogP contribution in [0.5, 0.6) is 0 Å². The van der Waals surface area contributed by atoms with Crippen molar-refractivity contribution in [2.24, 2.45) is 0 Å². The lowest BCUT2D eigenvalue weighted by Gasteiger charge is -2.19. The minimum atomic E-state index is -0.322. The van der Waals surface area contributed by atoms with Crippen LogP contribution in [0.25, 0.3) is 5.69 Å². The molecule has 1 amide bonds. The first-order chi connectivity index (χ1) is 15.1. The van der Waals surface area contributed by atoms with Crippen LogP contribution in [0.15, 0.2) is 79.0 Å². The summed E-state index contributed by atoms with van der Waals surface area (Å²) in [5.41, 5.74) is 6.77. The number of rotatable bonds is 6. The first-order valence-corrected chi connectivity index (χ1v) is 10.5. The summed E-state index contributed by atoms with van der Waals surface area (Å²) < 4.78 is 1.94. The molecule has 0 saturated heterocycles. The van der Waals surface area contributed by atoms with Crippen molar-refractivity contribution in [3.05, 3.63) is 113 Å². The van der Waals surface area contributed by atoms with E-state index in [1.807, 2.05) is 84.4 Å². The minimum Gasteiger partial charge on any atom is -0.340 e. The highest BCUT2D eigenvalue weighted by molar-refractivity contribution is 5.94. The van der Waals surface area contributed by atoms with Gasteiger partial charge in [-0.1, -0.05) is 43.3 Å². The van der Waals surface area contributed by atoms with E-state index >= 15 is 0 Å². The summed E-state index contributed by atoms with van der Waals surface area (Å²) in [7, 11) is 0. The fourth-order valence-electron chi connectivity index (χ4n) is 3.93. The lowest BCUT2D eigenvalue weighted by atomic mass is 10.0. The number of pyridine rings is 1. The molecule has 0 radical (unpaired) electrons. The molecule has 31 heavy (non-hydrogen) atoms. The largest absolute Gasteiger partial charge is 0.340 e. The quantitative estimate of drug-likeness (QED) is 0.488. The summed E-state index contributed by atoms with van der Waals surface area (Å²) in [6.45, 7) is 6.25. The Morgan fingerprint density at radius 3 is 2.29 bits per heavy atom. The molecule has 0 aliphatic rings. The molecular weight excluding hydrogens is 384 g/mol. The van der Waals surface area contributed by atoms with Gasteiger partial charge < -0.3 is 5.32 Å². The highest BCUT2D eigenvalue weighted by Crippen LogP contribution is 2.22. The van der Waals surface area contributed by atoms with Gasteiger partial charge in [0.15, 0.2) is 0 Å². The Balaban J connectivity index is 1.59. The SMILES string of the molecule is CCc1c(C)nn(-c2ccc(C(=O)NC(c3ccccc3)c3ccccn3)cc2)c1C. The number of carbonyl (C=O) groups excluding carboxylic acids is 1. The van der Waals surface area contributed by atoms with Crippen LogP contribution in [-0.2, 0) is 6.42 Å². The average Bonchev–Trinajstić information content (AvgIpc) is 3.11. The number of amides is 1. The standard InChI is InChI=1S/C26H26N4O/c1-4-23-18(2)29-30(19(23)3)22-15-13-21(14-16-22)26(31)28-25(20-10-6-5-7-11-20)24-12-8-9-17-27-24/h5-17,25H,4H2,1-3H3,(H,28,31). The number of nitrogens with zero attached hydrogens (tertiary/aromatic N) is 3. The van der Waals surface area contributed by atoms with Gasteiger partial charge in [-0.05, 0) is 67.8 Å². The van der Waals surface area contributed by atoms with Crippen LogP contribution in [0.3, 0.4) is 0 Å². The van der Waals surface area contributed by atoms with Gasteiger partial charge in [-0.25, -0.2) is 4.68 Å². The van der Waals surface area contributed by atoms with Crippen LogP contribution in [0, 0.1) is 13.8 Å². The predicted molar refractivity (Wildman–Crippen MR) is 122 cm³/mol. The molecule has 0 fully saturated rings. The van der Waals surface area contributed by atoms with E-state index in [9.17, 15) is 4.79 Å². The summed E-state index contributed by atoms with van der Waals surface area (Å²) in [6, 6.07) is 22.8. The van der Waals surface area contributed by atoms with Gasteiger partial charge in [-0.3, -0.25) is 9.78 Å². The van der Waals surface area contributed by atoms with Crippen molar-refractivity contribution in [2.75, 3.05) is 0 Å². The molecule has 2 aromatic heterocycles. The molecule has 5 nitrogen and oxygen atoms in total. The second-order valence-electron chi connectivity index (χ2n) is 7.53. The Morgan fingerprint density at radius 1 is 0.968 bits per heavy atom. The molecule has 1 atom stereocenters. The first kappa shape index (κ1) is 20.5. The van der Waals surface area contributed by atoms with E-state index in [-0.39, 0.29) is 11.9 Å². The predicted octanol–water partition coefficient (Wildman–Crippen LogP) is 4.97. The Morgan fingerprint density at radius 2 is 1.68 bits per heavy atom. The zero-order valence-corrected chi connectivity index (χ0v) is 18.0. The van der Waals surface area contributed by atoms with Gasteiger partial charge in [0.25, 0.3) is 5.91 Å². The fraction of sp³-hybridized carbons (Fsp3) is 0.192. The summed E-state index contributed by atoms with van der Waals surface area (Å²) in [5, 5.41) is 7.80. The topological polar surface area (TPSA) is 59.8 Å². The van der Waals surface area contributed by atoms with E-state index in [0.29, 0.717) is 5.56 Å². The Hall–Kier alpha value is -3.73. The maximum absolute atomic E-state index is 13.1. The third-order valence-electron chi connectivity index (χ3n) is 5.56. The van der Waals surface area contributed by atoms with E-state index < -0.39 is 0 Å². The minimum absolute atomic E-state index is 0.145. The van der Waals surface area contributed by atoms with E-state index in [1.165, 1.54) is 5.56 Å². The van der Waals surface area contributed by atoms with E-state index in [4.69, 9.17) is 0 Å². The Bertz CT molecular complexity index is 1130. The van der Waals surface area contributed by atoms with Gasteiger partial charge >= 0.3 is 0 Å². The van der Waals surface area contributed by atoms with Crippen molar-refractivity contribution in [3.8, 4) is 5.69 Å². The van der Waals surface area contributed by atoms with Gasteiger partial charge in [-0.2, -0.15) is 5.10 Å². The molecular formula is C26H26N4O. The molecule has 2 aromatic carbocycles. The second kappa shape index (κ2) is 8.96. The third kappa shape index (κ3) is 4.26. The maximum Gasteiger partial charge on any atom is 0.252 e. The monoisotopic (exact) mass is 410 g/mol. The van der Waals surface area contributed by atoms with Crippen LogP contribution in [0.1, 0.15) is 51.5 Å². The van der Waals surface area contributed by atoms with Crippen molar-refractivity contribution >= 4 is 5.91 Å². The smallest absolute Gasteiger partial charge is 0.252 e. The van der Waals surface area contributed by atoms with Crippen molar-refractivity contribution in [3.63, 3.8) is 0 Å². The third-order valence-corrected chi connectivity index (χ3v) is 5.56. The van der Waals surface area contributed by atoms with Crippen molar-refractivity contribution in [2.45, 2.75) is 33.2 Å². The molecule has 1 N–H and O–H groups in total. The lowest BCUT2D eigenvalue weighted by Crippen LogP contribution is -2.29. The Kier molecular flexibility index (Phi) is 5.94. The molecule has 0 spiro atoms. The molecule has 0 aliphatic heterocycles. The van der Waals surface area contributed by atoms with Gasteiger partial charge in [0, 0.05) is 17.5 Å². The number of nitrogens with one attached hydrogen (secondary N) is 1. The molecule has 0 saturated carbocycles. The summed E-state index contributed by atoms with van der Waals surface area (Å²) >= 11 is 0. The number of benzene rings is 2.